The minimum absolute atomic E-state index is 0.158. The summed E-state index contributed by atoms with van der Waals surface area (Å²) in [6, 6.07) is 11.5. The fourth-order valence-corrected chi connectivity index (χ4v) is 4.23. The molecule has 1 aromatic carbocycles. The van der Waals surface area contributed by atoms with Crippen molar-refractivity contribution in [2.24, 2.45) is 5.92 Å². The number of nitrogens with one attached hydrogen (secondary N) is 1. The van der Waals surface area contributed by atoms with Gasteiger partial charge < -0.3 is 10.2 Å². The van der Waals surface area contributed by atoms with E-state index in [4.69, 9.17) is 5.26 Å². The minimum Gasteiger partial charge on any atom is -0.371 e. The van der Waals surface area contributed by atoms with Gasteiger partial charge in [0, 0.05) is 18.8 Å². The predicted octanol–water partition coefficient (Wildman–Crippen LogP) is 5.62. The van der Waals surface area contributed by atoms with Crippen LogP contribution < -0.4 is 10.2 Å². The van der Waals surface area contributed by atoms with Gasteiger partial charge in [-0.3, -0.25) is 4.79 Å². The molecule has 1 amide bonds. The molecule has 1 aliphatic heterocycles. The standard InChI is InChI=1S/C25H32N4O/c1-4-5-6-8-20-9-7-14-29(17-20)23-15-18(2)10-12-22(23)25(30)28-24-13-11-21(16-26)19(3)27-24/h10-13,15,20H,4-9,14,17H2,1-3H3,(H,27,28,30). The van der Waals surface area contributed by atoms with E-state index in [-0.39, 0.29) is 5.91 Å². The van der Waals surface area contributed by atoms with Crippen molar-refractivity contribution in [1.82, 2.24) is 4.98 Å². The normalized spacial score (nSPS) is 16.2. The van der Waals surface area contributed by atoms with Gasteiger partial charge in [-0.05, 0) is 68.9 Å². The van der Waals surface area contributed by atoms with Crippen LogP contribution in [-0.4, -0.2) is 24.0 Å². The Morgan fingerprint density at radius 3 is 2.83 bits per heavy atom. The molecular weight excluding hydrogens is 372 g/mol. The van der Waals surface area contributed by atoms with Crippen molar-refractivity contribution in [2.45, 2.75) is 59.3 Å². The van der Waals surface area contributed by atoms with Gasteiger partial charge in [-0.1, -0.05) is 32.3 Å². The van der Waals surface area contributed by atoms with E-state index in [1.165, 1.54) is 38.5 Å². The van der Waals surface area contributed by atoms with Gasteiger partial charge in [-0.15, -0.1) is 0 Å². The summed E-state index contributed by atoms with van der Waals surface area (Å²) >= 11 is 0. The first kappa shape index (κ1) is 21.8. The van der Waals surface area contributed by atoms with Crippen molar-refractivity contribution in [3.63, 3.8) is 0 Å². The zero-order valence-corrected chi connectivity index (χ0v) is 18.4. The smallest absolute Gasteiger partial charge is 0.258 e. The summed E-state index contributed by atoms with van der Waals surface area (Å²) < 4.78 is 0. The van der Waals surface area contributed by atoms with E-state index >= 15 is 0 Å². The van der Waals surface area contributed by atoms with Crippen LogP contribution in [0, 0.1) is 31.1 Å². The van der Waals surface area contributed by atoms with Crippen LogP contribution >= 0.6 is 0 Å². The number of pyridine rings is 1. The van der Waals surface area contributed by atoms with Crippen LogP contribution in [0.5, 0.6) is 0 Å². The molecule has 2 heterocycles. The van der Waals surface area contributed by atoms with E-state index in [0.29, 0.717) is 28.6 Å². The predicted molar refractivity (Wildman–Crippen MR) is 122 cm³/mol. The lowest BCUT2D eigenvalue weighted by atomic mass is 9.91. The second-order valence-electron chi connectivity index (χ2n) is 8.37. The van der Waals surface area contributed by atoms with Crippen molar-refractivity contribution in [2.75, 3.05) is 23.3 Å². The molecule has 0 spiro atoms. The summed E-state index contributed by atoms with van der Waals surface area (Å²) in [6.07, 6.45) is 7.56. The highest BCUT2D eigenvalue weighted by molar-refractivity contribution is 6.07. The Bertz CT molecular complexity index is 931. The zero-order valence-electron chi connectivity index (χ0n) is 18.4. The third-order valence-corrected chi connectivity index (χ3v) is 5.92. The number of aromatic nitrogens is 1. The second kappa shape index (κ2) is 10.2. The number of carbonyl (C=O) groups excluding carboxylic acids is 1. The molecule has 0 saturated carbocycles. The van der Waals surface area contributed by atoms with Gasteiger partial charge in [0.05, 0.1) is 16.8 Å². The van der Waals surface area contributed by atoms with Crippen molar-refractivity contribution in [3.8, 4) is 6.07 Å². The number of unbranched alkanes of at least 4 members (excludes halogenated alkanes) is 2. The lowest BCUT2D eigenvalue weighted by molar-refractivity contribution is 0.102. The minimum atomic E-state index is -0.158. The molecule has 158 valence electrons. The first-order valence-corrected chi connectivity index (χ1v) is 11.1. The summed E-state index contributed by atoms with van der Waals surface area (Å²) in [5.74, 6) is 1.01. The number of nitriles is 1. The quantitative estimate of drug-likeness (QED) is 0.608. The van der Waals surface area contributed by atoms with Gasteiger partial charge in [0.15, 0.2) is 0 Å². The van der Waals surface area contributed by atoms with Crippen LogP contribution in [0.4, 0.5) is 11.5 Å². The molecule has 2 aromatic rings. The van der Waals surface area contributed by atoms with Gasteiger partial charge in [0.1, 0.15) is 11.9 Å². The molecule has 30 heavy (non-hydrogen) atoms. The molecule has 1 aromatic heterocycles. The van der Waals surface area contributed by atoms with Crippen LogP contribution in [-0.2, 0) is 0 Å². The number of hydrogen-bond donors (Lipinski definition) is 1. The van der Waals surface area contributed by atoms with Crippen LogP contribution in [0.25, 0.3) is 0 Å². The number of carbonyl (C=O) groups is 1. The first-order valence-electron chi connectivity index (χ1n) is 11.1. The topological polar surface area (TPSA) is 69.0 Å². The molecule has 5 heteroatoms. The Morgan fingerprint density at radius 2 is 2.10 bits per heavy atom. The van der Waals surface area contributed by atoms with E-state index in [1.54, 1.807) is 19.1 Å². The maximum atomic E-state index is 13.1. The number of nitrogens with zero attached hydrogens (tertiary/aromatic N) is 3. The Kier molecular flexibility index (Phi) is 7.46. The molecule has 1 atom stereocenters. The molecule has 0 bridgehead atoms. The van der Waals surface area contributed by atoms with E-state index < -0.39 is 0 Å². The molecule has 1 fully saturated rings. The summed E-state index contributed by atoms with van der Waals surface area (Å²) in [5.41, 5.74) is 3.98. The molecule has 5 nitrogen and oxygen atoms in total. The van der Waals surface area contributed by atoms with Crippen LogP contribution in [0.3, 0.4) is 0 Å². The lowest BCUT2D eigenvalue weighted by Gasteiger charge is -2.35. The van der Waals surface area contributed by atoms with Crippen molar-refractivity contribution < 1.29 is 4.79 Å². The third-order valence-electron chi connectivity index (χ3n) is 5.92. The number of rotatable bonds is 7. The summed E-state index contributed by atoms with van der Waals surface area (Å²) in [5, 5.41) is 12.0. The number of hydrogen-bond acceptors (Lipinski definition) is 4. The number of piperidine rings is 1. The SMILES string of the molecule is CCCCCC1CCCN(c2cc(C)ccc2C(=O)Nc2ccc(C#N)c(C)n2)C1. The molecular formula is C25H32N4O. The van der Waals surface area contributed by atoms with Gasteiger partial charge in [-0.25, -0.2) is 4.98 Å². The van der Waals surface area contributed by atoms with Crippen molar-refractivity contribution >= 4 is 17.4 Å². The molecule has 1 saturated heterocycles. The second-order valence-corrected chi connectivity index (χ2v) is 8.37. The van der Waals surface area contributed by atoms with E-state index in [0.717, 1.165) is 24.3 Å². The van der Waals surface area contributed by atoms with Gasteiger partial charge in [0.2, 0.25) is 0 Å². The average Bonchev–Trinajstić information content (AvgIpc) is 2.74. The lowest BCUT2D eigenvalue weighted by Crippen LogP contribution is -2.36. The highest BCUT2D eigenvalue weighted by Crippen LogP contribution is 2.30. The summed E-state index contributed by atoms with van der Waals surface area (Å²) in [6.45, 7) is 8.09. The number of anilines is 2. The summed E-state index contributed by atoms with van der Waals surface area (Å²) in [4.78, 5) is 19.8. The van der Waals surface area contributed by atoms with Gasteiger partial charge in [0.25, 0.3) is 5.91 Å². The first-order chi connectivity index (χ1) is 14.5. The zero-order chi connectivity index (χ0) is 21.5. The van der Waals surface area contributed by atoms with Crippen LogP contribution in [0.1, 0.15) is 72.6 Å². The molecule has 1 unspecified atom stereocenters. The molecule has 0 radical (unpaired) electrons. The van der Waals surface area contributed by atoms with E-state index in [1.807, 2.05) is 12.1 Å². The molecule has 1 N–H and O–H groups in total. The van der Waals surface area contributed by atoms with E-state index in [2.05, 4.69) is 41.2 Å². The van der Waals surface area contributed by atoms with Crippen molar-refractivity contribution in [1.29, 1.82) is 5.26 Å². The Labute approximate surface area is 180 Å². The molecule has 0 aliphatic carbocycles. The van der Waals surface area contributed by atoms with Crippen LogP contribution in [0.15, 0.2) is 30.3 Å². The Hall–Kier alpha value is -2.87. The van der Waals surface area contributed by atoms with Crippen LogP contribution in [0.2, 0.25) is 0 Å². The number of aryl methyl sites for hydroxylation is 2. The Morgan fingerprint density at radius 1 is 1.27 bits per heavy atom. The maximum absolute atomic E-state index is 13.1. The highest BCUT2D eigenvalue weighted by Gasteiger charge is 2.24. The van der Waals surface area contributed by atoms with Gasteiger partial charge >= 0.3 is 0 Å². The number of amides is 1. The van der Waals surface area contributed by atoms with Crippen molar-refractivity contribution in [3.05, 3.63) is 52.7 Å². The Balaban J connectivity index is 1.78. The fraction of sp³-hybridized carbons (Fsp3) is 0.480. The monoisotopic (exact) mass is 404 g/mol. The third kappa shape index (κ3) is 5.38. The molecule has 1 aliphatic rings. The highest BCUT2D eigenvalue weighted by atomic mass is 16.1. The average molecular weight is 405 g/mol. The maximum Gasteiger partial charge on any atom is 0.258 e. The fourth-order valence-electron chi connectivity index (χ4n) is 4.23. The van der Waals surface area contributed by atoms with Gasteiger partial charge in [-0.2, -0.15) is 5.26 Å². The largest absolute Gasteiger partial charge is 0.371 e. The van der Waals surface area contributed by atoms with E-state index in [9.17, 15) is 4.79 Å². The summed E-state index contributed by atoms with van der Waals surface area (Å²) in [7, 11) is 0. The number of benzene rings is 1. The molecule has 3 rings (SSSR count).